The lowest BCUT2D eigenvalue weighted by Gasteiger charge is -2.18. The van der Waals surface area contributed by atoms with Crippen LogP contribution in [0.15, 0.2) is 12.2 Å². The lowest BCUT2D eigenvalue weighted by molar-refractivity contribution is -0.161. The molecule has 0 amide bonds. The van der Waals surface area contributed by atoms with Crippen LogP contribution in [-0.4, -0.2) is 41.0 Å². The maximum Gasteiger partial charge on any atom is 0.469 e. The molecule has 55 heavy (non-hydrogen) atoms. The molecule has 0 unspecified atom stereocenters. The molecule has 0 aliphatic rings. The van der Waals surface area contributed by atoms with Gasteiger partial charge < -0.3 is 19.3 Å². The molecule has 8 nitrogen and oxygen atoms in total. The van der Waals surface area contributed by atoms with Gasteiger partial charge in [-0.2, -0.15) is 0 Å². The zero-order valence-electron chi connectivity index (χ0n) is 36.1. The predicted octanol–water partition coefficient (Wildman–Crippen LogP) is 14.6. The second-order valence-electron chi connectivity index (χ2n) is 16.1. The fourth-order valence-electron chi connectivity index (χ4n) is 7.02. The molecule has 0 aliphatic heterocycles. The van der Waals surface area contributed by atoms with E-state index in [0.717, 1.165) is 44.9 Å². The van der Waals surface area contributed by atoms with Crippen LogP contribution in [0.5, 0.6) is 0 Å². The molecule has 1 atom stereocenters. The zero-order chi connectivity index (χ0) is 40.3. The molecule has 326 valence electrons. The van der Waals surface area contributed by atoms with Crippen molar-refractivity contribution in [2.24, 2.45) is 0 Å². The quantitative estimate of drug-likeness (QED) is 0.0271. The Hall–Kier alpha value is -1.21. The maximum atomic E-state index is 12.4. The highest BCUT2D eigenvalue weighted by Crippen LogP contribution is 2.36. The number of allylic oxidation sites excluding steroid dienone is 2. The third-order valence-corrected chi connectivity index (χ3v) is 11.0. The molecular weight excluding hydrogens is 711 g/mol. The van der Waals surface area contributed by atoms with Gasteiger partial charge in [0.2, 0.25) is 0 Å². The summed E-state index contributed by atoms with van der Waals surface area (Å²) in [6.45, 7) is 3.72. The molecule has 0 spiro atoms. The van der Waals surface area contributed by atoms with Crippen molar-refractivity contribution in [1.82, 2.24) is 0 Å². The van der Waals surface area contributed by atoms with E-state index in [4.69, 9.17) is 19.3 Å². The molecule has 0 aliphatic carbocycles. The molecule has 0 saturated heterocycles. The number of phosphoric acid groups is 1. The standard InChI is InChI=1S/C46H89O8P/c1-3-5-7-9-11-13-15-17-19-21-22-23-25-27-29-31-33-35-37-39-41-46(48)54-44(43-53-55(49,50)51)42-52-45(47)40-38-36-34-32-30-28-26-24-20-18-16-14-12-10-8-6-4-2/h18,20,44H,3-17,19,21-43H2,1-2H3,(H2,49,50,51)/b20-18+/t44-/m1/s1. The highest BCUT2D eigenvalue weighted by Gasteiger charge is 2.23. The van der Waals surface area contributed by atoms with Crippen LogP contribution in [0.25, 0.3) is 0 Å². The van der Waals surface area contributed by atoms with Crippen LogP contribution >= 0.6 is 7.82 Å². The van der Waals surface area contributed by atoms with Gasteiger partial charge in [0.25, 0.3) is 0 Å². The molecule has 9 heteroatoms. The molecule has 0 radical (unpaired) electrons. The van der Waals surface area contributed by atoms with Crippen LogP contribution in [-0.2, 0) is 28.2 Å². The van der Waals surface area contributed by atoms with Gasteiger partial charge in [-0.15, -0.1) is 0 Å². The number of carbonyl (C=O) groups is 2. The molecule has 0 aromatic heterocycles. The van der Waals surface area contributed by atoms with E-state index in [-0.39, 0.29) is 19.4 Å². The first-order chi connectivity index (χ1) is 26.8. The number of carbonyl (C=O) groups excluding carboxylic acids is 2. The van der Waals surface area contributed by atoms with Crippen LogP contribution < -0.4 is 0 Å². The average Bonchev–Trinajstić information content (AvgIpc) is 3.16. The number of rotatable bonds is 44. The summed E-state index contributed by atoms with van der Waals surface area (Å²) in [7, 11) is -4.75. The first-order valence-electron chi connectivity index (χ1n) is 23.5. The van der Waals surface area contributed by atoms with Gasteiger partial charge in [0.1, 0.15) is 6.61 Å². The van der Waals surface area contributed by atoms with Crippen molar-refractivity contribution in [2.45, 2.75) is 258 Å². The first-order valence-corrected chi connectivity index (χ1v) is 25.0. The van der Waals surface area contributed by atoms with Gasteiger partial charge in [0, 0.05) is 12.8 Å². The average molecular weight is 801 g/mol. The minimum Gasteiger partial charge on any atom is -0.462 e. The Labute approximate surface area is 339 Å². The summed E-state index contributed by atoms with van der Waals surface area (Å²) in [5.74, 6) is -0.874. The van der Waals surface area contributed by atoms with Crippen LogP contribution in [0.4, 0.5) is 0 Å². The summed E-state index contributed by atoms with van der Waals surface area (Å²) in [6.07, 6.45) is 47.9. The van der Waals surface area contributed by atoms with E-state index < -0.39 is 32.5 Å². The van der Waals surface area contributed by atoms with E-state index in [0.29, 0.717) is 6.42 Å². The molecule has 0 rings (SSSR count). The largest absolute Gasteiger partial charge is 0.469 e. The van der Waals surface area contributed by atoms with Crippen LogP contribution in [0, 0.1) is 0 Å². The van der Waals surface area contributed by atoms with Crippen molar-refractivity contribution < 1.29 is 37.9 Å². The number of phosphoric ester groups is 1. The smallest absolute Gasteiger partial charge is 0.462 e. The highest BCUT2D eigenvalue weighted by molar-refractivity contribution is 7.46. The highest BCUT2D eigenvalue weighted by atomic mass is 31.2. The van der Waals surface area contributed by atoms with Crippen LogP contribution in [0.1, 0.15) is 251 Å². The Morgan fingerprint density at radius 1 is 0.455 bits per heavy atom. The number of hydrogen-bond donors (Lipinski definition) is 2. The molecule has 2 N–H and O–H groups in total. The molecule has 0 aromatic rings. The lowest BCUT2D eigenvalue weighted by atomic mass is 10.0. The van der Waals surface area contributed by atoms with Crippen molar-refractivity contribution in [3.8, 4) is 0 Å². The number of esters is 2. The summed E-state index contributed by atoms with van der Waals surface area (Å²) < 4.78 is 26.5. The van der Waals surface area contributed by atoms with Gasteiger partial charge in [0.05, 0.1) is 6.61 Å². The SMILES string of the molecule is CCCCCCCC/C=C/CCCCCCCCCC(=O)OC[C@H](COP(=O)(O)O)OC(=O)CCCCCCCCCCCCCCCCCCCCCC. The second kappa shape index (κ2) is 42.4. The molecule has 0 bridgehead atoms. The Balaban J connectivity index is 3.82. The Kier molecular flexibility index (Phi) is 41.5. The maximum absolute atomic E-state index is 12.4. The Bertz CT molecular complexity index is 904. The molecule has 0 saturated carbocycles. The van der Waals surface area contributed by atoms with E-state index in [1.807, 2.05) is 0 Å². The van der Waals surface area contributed by atoms with Gasteiger partial charge in [-0.3, -0.25) is 14.1 Å². The van der Waals surface area contributed by atoms with Gasteiger partial charge in [-0.1, -0.05) is 212 Å². The summed E-state index contributed by atoms with van der Waals surface area (Å²) in [5.41, 5.74) is 0. The van der Waals surface area contributed by atoms with Crippen molar-refractivity contribution in [1.29, 1.82) is 0 Å². The first kappa shape index (κ1) is 53.8. The third kappa shape index (κ3) is 45.4. The van der Waals surface area contributed by atoms with Crippen molar-refractivity contribution in [3.05, 3.63) is 12.2 Å². The third-order valence-electron chi connectivity index (χ3n) is 10.5. The minimum atomic E-state index is -4.75. The van der Waals surface area contributed by atoms with E-state index in [2.05, 4.69) is 30.5 Å². The van der Waals surface area contributed by atoms with E-state index in [1.165, 1.54) is 173 Å². The van der Waals surface area contributed by atoms with Gasteiger partial charge in [0.15, 0.2) is 6.10 Å². The van der Waals surface area contributed by atoms with Crippen LogP contribution in [0.2, 0.25) is 0 Å². The van der Waals surface area contributed by atoms with E-state index in [1.54, 1.807) is 0 Å². The van der Waals surface area contributed by atoms with Crippen molar-refractivity contribution >= 4 is 19.8 Å². The van der Waals surface area contributed by atoms with Gasteiger partial charge in [-0.05, 0) is 38.5 Å². The molecular formula is C46H89O8P. The van der Waals surface area contributed by atoms with Crippen molar-refractivity contribution in [2.75, 3.05) is 13.2 Å². The monoisotopic (exact) mass is 801 g/mol. The van der Waals surface area contributed by atoms with E-state index in [9.17, 15) is 14.2 Å². The van der Waals surface area contributed by atoms with E-state index >= 15 is 0 Å². The number of unbranched alkanes of at least 4 members (excludes halogenated alkanes) is 32. The summed E-state index contributed by atoms with van der Waals surface area (Å²) in [4.78, 5) is 43.0. The summed E-state index contributed by atoms with van der Waals surface area (Å²) >= 11 is 0. The summed E-state index contributed by atoms with van der Waals surface area (Å²) in [5, 5.41) is 0. The second-order valence-corrected chi connectivity index (χ2v) is 17.3. The predicted molar refractivity (Wildman–Crippen MR) is 230 cm³/mol. The lowest BCUT2D eigenvalue weighted by Crippen LogP contribution is -2.29. The topological polar surface area (TPSA) is 119 Å². The normalized spacial score (nSPS) is 12.4. The fourth-order valence-corrected chi connectivity index (χ4v) is 7.38. The Morgan fingerprint density at radius 3 is 1.11 bits per heavy atom. The van der Waals surface area contributed by atoms with Gasteiger partial charge >= 0.3 is 19.8 Å². The molecule has 0 fully saturated rings. The van der Waals surface area contributed by atoms with Crippen molar-refractivity contribution in [3.63, 3.8) is 0 Å². The van der Waals surface area contributed by atoms with Gasteiger partial charge in [-0.25, -0.2) is 4.57 Å². The molecule has 0 heterocycles. The number of ether oxygens (including phenoxy) is 2. The Morgan fingerprint density at radius 2 is 0.764 bits per heavy atom. The van der Waals surface area contributed by atoms with Crippen LogP contribution in [0.3, 0.4) is 0 Å². The minimum absolute atomic E-state index is 0.218. The fraction of sp³-hybridized carbons (Fsp3) is 0.913. The number of hydrogen-bond acceptors (Lipinski definition) is 6. The zero-order valence-corrected chi connectivity index (χ0v) is 37.0. The molecule has 0 aromatic carbocycles. The summed E-state index contributed by atoms with van der Waals surface area (Å²) in [6, 6.07) is 0.